The predicted molar refractivity (Wildman–Crippen MR) is 71.8 cm³/mol. The van der Waals surface area contributed by atoms with Gasteiger partial charge in [-0.15, -0.1) is 0 Å². The molecule has 0 saturated heterocycles. The molecule has 0 unspecified atom stereocenters. The van der Waals surface area contributed by atoms with E-state index in [9.17, 15) is 8.42 Å². The van der Waals surface area contributed by atoms with Gasteiger partial charge in [0.2, 0.25) is 10.0 Å². The van der Waals surface area contributed by atoms with E-state index < -0.39 is 10.0 Å². The number of rotatable bonds is 8. The fraction of sp³-hybridized carbons (Fsp3) is 0.727. The molecule has 1 aromatic rings. The first-order chi connectivity index (χ1) is 8.44. The lowest BCUT2D eigenvalue weighted by Crippen LogP contribution is -2.31. The lowest BCUT2D eigenvalue weighted by Gasteiger charge is -2.05. The van der Waals surface area contributed by atoms with Crippen molar-refractivity contribution in [3.8, 4) is 0 Å². The van der Waals surface area contributed by atoms with E-state index >= 15 is 0 Å². The Balaban J connectivity index is 2.29. The summed E-state index contributed by atoms with van der Waals surface area (Å²) in [5.74, 6) is 0.0964. The Kier molecular flexibility index (Phi) is 5.77. The average molecular weight is 274 g/mol. The van der Waals surface area contributed by atoms with E-state index in [2.05, 4.69) is 29.0 Å². The summed E-state index contributed by atoms with van der Waals surface area (Å²) in [6.45, 7) is 7.39. The molecule has 0 aliphatic heterocycles. The van der Waals surface area contributed by atoms with Gasteiger partial charge in [0.25, 0.3) is 0 Å². The molecule has 0 saturated carbocycles. The number of hydrogen-bond donors (Lipinski definition) is 2. The first-order valence-corrected chi connectivity index (χ1v) is 7.81. The summed E-state index contributed by atoms with van der Waals surface area (Å²) in [5.41, 5.74) is 1.06. The highest BCUT2D eigenvalue weighted by Crippen LogP contribution is 2.04. The van der Waals surface area contributed by atoms with Crippen molar-refractivity contribution in [1.82, 2.24) is 19.8 Å². The van der Waals surface area contributed by atoms with Gasteiger partial charge in [-0.2, -0.15) is 5.10 Å². The molecule has 18 heavy (non-hydrogen) atoms. The highest BCUT2D eigenvalue weighted by atomic mass is 32.2. The van der Waals surface area contributed by atoms with E-state index in [0.717, 1.165) is 5.56 Å². The van der Waals surface area contributed by atoms with Crippen LogP contribution >= 0.6 is 0 Å². The first kappa shape index (κ1) is 15.1. The van der Waals surface area contributed by atoms with Gasteiger partial charge in [-0.3, -0.25) is 4.68 Å². The largest absolute Gasteiger partial charge is 0.311 e. The first-order valence-electron chi connectivity index (χ1n) is 6.15. The molecule has 0 fully saturated rings. The minimum Gasteiger partial charge on any atom is -0.311 e. The number of nitrogens with one attached hydrogen (secondary N) is 2. The fourth-order valence-electron chi connectivity index (χ4n) is 1.48. The van der Waals surface area contributed by atoms with Gasteiger partial charge in [-0.1, -0.05) is 6.92 Å². The molecular formula is C11H22N4O2S. The third-order valence-corrected chi connectivity index (χ3v) is 3.90. The van der Waals surface area contributed by atoms with Crippen molar-refractivity contribution in [3.63, 3.8) is 0 Å². The molecule has 0 amide bonds. The Hall–Kier alpha value is -0.920. The molecule has 1 aromatic heterocycles. The van der Waals surface area contributed by atoms with Crippen LogP contribution in [0.2, 0.25) is 0 Å². The monoisotopic (exact) mass is 274 g/mol. The minimum atomic E-state index is -3.13. The Morgan fingerprint density at radius 2 is 2.17 bits per heavy atom. The Morgan fingerprint density at radius 1 is 1.44 bits per heavy atom. The zero-order chi connectivity index (χ0) is 13.6. The van der Waals surface area contributed by atoms with Crippen LogP contribution in [0.25, 0.3) is 0 Å². The molecule has 0 aliphatic rings. The average Bonchev–Trinajstić information content (AvgIpc) is 2.73. The van der Waals surface area contributed by atoms with Gasteiger partial charge in [0, 0.05) is 37.4 Å². The van der Waals surface area contributed by atoms with Crippen LogP contribution in [0.15, 0.2) is 12.4 Å². The van der Waals surface area contributed by atoms with Crippen LogP contribution in [0.5, 0.6) is 0 Å². The van der Waals surface area contributed by atoms with E-state index in [1.165, 1.54) is 0 Å². The van der Waals surface area contributed by atoms with Crippen LogP contribution in [-0.4, -0.2) is 37.0 Å². The standard InChI is InChI=1S/C11H22N4O2S/c1-4-14-18(16,17)6-5-12-7-11-8-13-15(9-11)10(2)3/h8-10,12,14H,4-7H2,1-3H3. The maximum absolute atomic E-state index is 11.4. The van der Waals surface area contributed by atoms with Crippen LogP contribution in [0.3, 0.4) is 0 Å². The number of hydrogen-bond acceptors (Lipinski definition) is 4. The van der Waals surface area contributed by atoms with Gasteiger partial charge in [0.1, 0.15) is 0 Å². The molecule has 0 bridgehead atoms. The third-order valence-electron chi connectivity index (χ3n) is 2.43. The third kappa shape index (κ3) is 5.16. The molecule has 0 spiro atoms. The molecule has 1 rings (SSSR count). The Labute approximate surface area is 109 Å². The summed E-state index contributed by atoms with van der Waals surface area (Å²) in [6, 6.07) is 0.341. The van der Waals surface area contributed by atoms with Gasteiger partial charge in [0.15, 0.2) is 0 Å². The Bertz CT molecular complexity index is 453. The highest BCUT2D eigenvalue weighted by Gasteiger charge is 2.07. The van der Waals surface area contributed by atoms with E-state index in [0.29, 0.717) is 25.7 Å². The summed E-state index contributed by atoms with van der Waals surface area (Å²) in [6.07, 6.45) is 3.77. The van der Waals surface area contributed by atoms with Crippen LogP contribution in [0, 0.1) is 0 Å². The second-order valence-corrected chi connectivity index (χ2v) is 6.34. The lowest BCUT2D eigenvalue weighted by molar-refractivity contribution is 0.531. The van der Waals surface area contributed by atoms with Crippen molar-refractivity contribution in [2.45, 2.75) is 33.4 Å². The molecule has 1 heterocycles. The maximum Gasteiger partial charge on any atom is 0.212 e. The maximum atomic E-state index is 11.4. The number of aromatic nitrogens is 2. The molecule has 0 atom stereocenters. The fourth-order valence-corrected chi connectivity index (χ4v) is 2.48. The van der Waals surface area contributed by atoms with Gasteiger partial charge < -0.3 is 5.32 Å². The molecule has 104 valence electrons. The smallest absolute Gasteiger partial charge is 0.212 e. The molecule has 7 heteroatoms. The molecule has 2 N–H and O–H groups in total. The second kappa shape index (κ2) is 6.86. The van der Waals surface area contributed by atoms with Gasteiger partial charge >= 0.3 is 0 Å². The summed E-state index contributed by atoms with van der Waals surface area (Å²) in [5, 5.41) is 7.31. The topological polar surface area (TPSA) is 76.0 Å². The zero-order valence-corrected chi connectivity index (χ0v) is 12.0. The van der Waals surface area contributed by atoms with Crippen molar-refractivity contribution in [2.24, 2.45) is 0 Å². The quantitative estimate of drug-likeness (QED) is 0.677. The van der Waals surface area contributed by atoms with E-state index in [4.69, 9.17) is 0 Å². The van der Waals surface area contributed by atoms with Gasteiger partial charge in [-0.25, -0.2) is 13.1 Å². The molecular weight excluding hydrogens is 252 g/mol. The van der Waals surface area contributed by atoms with Gasteiger partial charge in [0.05, 0.1) is 11.9 Å². The molecule has 0 aliphatic carbocycles. The van der Waals surface area contributed by atoms with Crippen LogP contribution < -0.4 is 10.0 Å². The van der Waals surface area contributed by atoms with Gasteiger partial charge in [-0.05, 0) is 13.8 Å². The van der Waals surface area contributed by atoms with Crippen molar-refractivity contribution in [2.75, 3.05) is 18.8 Å². The van der Waals surface area contributed by atoms with Crippen LogP contribution in [-0.2, 0) is 16.6 Å². The molecule has 6 nitrogen and oxygen atoms in total. The SMILES string of the molecule is CCNS(=O)(=O)CCNCc1cnn(C(C)C)c1. The van der Waals surface area contributed by atoms with Crippen LogP contribution in [0.1, 0.15) is 32.4 Å². The molecule has 0 radical (unpaired) electrons. The number of nitrogens with zero attached hydrogens (tertiary/aromatic N) is 2. The Morgan fingerprint density at radius 3 is 2.72 bits per heavy atom. The summed E-state index contributed by atoms with van der Waals surface area (Å²) in [4.78, 5) is 0. The van der Waals surface area contributed by atoms with Crippen molar-refractivity contribution in [1.29, 1.82) is 0 Å². The zero-order valence-electron chi connectivity index (χ0n) is 11.2. The van der Waals surface area contributed by atoms with Crippen molar-refractivity contribution in [3.05, 3.63) is 18.0 Å². The second-order valence-electron chi connectivity index (χ2n) is 4.42. The molecule has 0 aromatic carbocycles. The highest BCUT2D eigenvalue weighted by molar-refractivity contribution is 7.89. The van der Waals surface area contributed by atoms with Crippen LogP contribution in [0.4, 0.5) is 0 Å². The lowest BCUT2D eigenvalue weighted by atomic mass is 10.3. The van der Waals surface area contributed by atoms with E-state index in [1.807, 2.05) is 10.9 Å². The van der Waals surface area contributed by atoms with Crippen molar-refractivity contribution < 1.29 is 8.42 Å². The minimum absolute atomic E-state index is 0.0964. The summed E-state index contributed by atoms with van der Waals surface area (Å²) < 4.78 is 27.1. The normalized spacial score (nSPS) is 12.2. The summed E-state index contributed by atoms with van der Waals surface area (Å²) >= 11 is 0. The van der Waals surface area contributed by atoms with Crippen molar-refractivity contribution >= 4 is 10.0 Å². The van der Waals surface area contributed by atoms with E-state index in [-0.39, 0.29) is 5.75 Å². The predicted octanol–water partition coefficient (Wildman–Crippen LogP) is 0.493. The summed E-state index contributed by atoms with van der Waals surface area (Å²) in [7, 11) is -3.13. The number of sulfonamides is 1. The van der Waals surface area contributed by atoms with E-state index in [1.54, 1.807) is 13.1 Å².